The van der Waals surface area contributed by atoms with Gasteiger partial charge in [-0.2, -0.15) is 0 Å². The minimum Gasteiger partial charge on any atom is -0.392 e. The van der Waals surface area contributed by atoms with Crippen LogP contribution >= 0.6 is 0 Å². The van der Waals surface area contributed by atoms with Gasteiger partial charge in [-0.15, -0.1) is 0 Å². The molecule has 0 bridgehead atoms. The van der Waals surface area contributed by atoms with Crippen LogP contribution in [0, 0.1) is 11.3 Å². The highest BCUT2D eigenvalue weighted by atomic mass is 16.3. The van der Waals surface area contributed by atoms with E-state index in [-0.39, 0.29) is 11.7 Å². The Labute approximate surface area is 74.0 Å². The summed E-state index contributed by atoms with van der Waals surface area (Å²) in [6.45, 7) is 5.89. The molecule has 3 atom stereocenters. The van der Waals surface area contributed by atoms with Crippen LogP contribution in [0.2, 0.25) is 0 Å². The third kappa shape index (κ3) is 1.18. The van der Waals surface area contributed by atoms with Crippen molar-refractivity contribution in [3.8, 4) is 0 Å². The fraction of sp³-hybridized carbons (Fsp3) is 0.900. The fourth-order valence-electron chi connectivity index (χ4n) is 2.04. The number of hydrogen-bond donors (Lipinski definition) is 1. The van der Waals surface area contributed by atoms with Crippen molar-refractivity contribution >= 4 is 5.78 Å². The summed E-state index contributed by atoms with van der Waals surface area (Å²) in [5.41, 5.74) is -0.458. The van der Waals surface area contributed by atoms with Gasteiger partial charge in [-0.05, 0) is 12.3 Å². The Hall–Kier alpha value is -0.370. The standard InChI is InChI=1S/C10H18O2/c1-4-7-6-8(11)10(3,5-2)9(7)12/h7,9,12H,4-6H2,1-3H3. The minimum atomic E-state index is -0.458. The molecule has 0 radical (unpaired) electrons. The summed E-state index contributed by atoms with van der Waals surface area (Å²) in [7, 11) is 0. The second-order valence-corrected chi connectivity index (χ2v) is 4.01. The first-order valence-electron chi connectivity index (χ1n) is 4.77. The highest BCUT2D eigenvalue weighted by molar-refractivity contribution is 5.87. The number of aliphatic hydroxyl groups is 1. The second kappa shape index (κ2) is 3.17. The van der Waals surface area contributed by atoms with E-state index in [1.807, 2.05) is 20.8 Å². The van der Waals surface area contributed by atoms with Crippen LogP contribution in [0.15, 0.2) is 0 Å². The van der Waals surface area contributed by atoms with Crippen LogP contribution in [0.5, 0.6) is 0 Å². The maximum Gasteiger partial charge on any atom is 0.141 e. The van der Waals surface area contributed by atoms with Crippen LogP contribution in [0.3, 0.4) is 0 Å². The molecule has 0 aromatic carbocycles. The Kier molecular flexibility index (Phi) is 2.57. The van der Waals surface area contributed by atoms with Crippen LogP contribution in [0.1, 0.15) is 40.0 Å². The first-order chi connectivity index (χ1) is 5.56. The number of aliphatic hydroxyl groups excluding tert-OH is 1. The summed E-state index contributed by atoms with van der Waals surface area (Å²) in [5, 5.41) is 9.86. The number of Topliss-reactive ketones (excluding diaryl/α,β-unsaturated/α-hetero) is 1. The molecule has 0 aromatic rings. The number of hydrogen-bond acceptors (Lipinski definition) is 2. The highest BCUT2D eigenvalue weighted by Gasteiger charge is 2.48. The van der Waals surface area contributed by atoms with Gasteiger partial charge in [0, 0.05) is 6.42 Å². The smallest absolute Gasteiger partial charge is 0.141 e. The monoisotopic (exact) mass is 170 g/mol. The molecule has 0 saturated heterocycles. The molecule has 12 heavy (non-hydrogen) atoms. The number of ketones is 1. The van der Waals surface area contributed by atoms with Gasteiger partial charge in [0.15, 0.2) is 0 Å². The van der Waals surface area contributed by atoms with E-state index in [1.165, 1.54) is 0 Å². The van der Waals surface area contributed by atoms with Crippen molar-refractivity contribution in [2.75, 3.05) is 0 Å². The molecule has 0 heterocycles. The van der Waals surface area contributed by atoms with Gasteiger partial charge in [0.25, 0.3) is 0 Å². The summed E-state index contributed by atoms with van der Waals surface area (Å²) in [6.07, 6.45) is 1.81. The van der Waals surface area contributed by atoms with Crippen molar-refractivity contribution in [1.82, 2.24) is 0 Å². The van der Waals surface area contributed by atoms with Crippen LogP contribution in [0.25, 0.3) is 0 Å². The number of carbonyl (C=O) groups excluding carboxylic acids is 1. The molecule has 1 N–H and O–H groups in total. The van der Waals surface area contributed by atoms with Gasteiger partial charge in [-0.1, -0.05) is 27.2 Å². The summed E-state index contributed by atoms with van der Waals surface area (Å²) in [5.74, 6) is 0.437. The molecule has 1 aliphatic carbocycles. The van der Waals surface area contributed by atoms with E-state index in [0.29, 0.717) is 6.42 Å². The zero-order valence-electron chi connectivity index (χ0n) is 8.13. The summed E-state index contributed by atoms with van der Waals surface area (Å²) < 4.78 is 0. The zero-order valence-corrected chi connectivity index (χ0v) is 8.13. The van der Waals surface area contributed by atoms with Crippen molar-refractivity contribution in [3.63, 3.8) is 0 Å². The fourth-order valence-corrected chi connectivity index (χ4v) is 2.04. The van der Waals surface area contributed by atoms with Gasteiger partial charge in [0.2, 0.25) is 0 Å². The van der Waals surface area contributed by atoms with Crippen molar-refractivity contribution < 1.29 is 9.90 Å². The van der Waals surface area contributed by atoms with E-state index >= 15 is 0 Å². The molecule has 0 aromatic heterocycles. The molecule has 2 nitrogen and oxygen atoms in total. The van der Waals surface area contributed by atoms with Gasteiger partial charge < -0.3 is 5.11 Å². The van der Waals surface area contributed by atoms with Crippen LogP contribution in [0.4, 0.5) is 0 Å². The van der Waals surface area contributed by atoms with E-state index in [4.69, 9.17) is 0 Å². The van der Waals surface area contributed by atoms with Crippen molar-refractivity contribution in [3.05, 3.63) is 0 Å². The molecule has 0 aliphatic heterocycles. The molecular weight excluding hydrogens is 152 g/mol. The van der Waals surface area contributed by atoms with E-state index in [1.54, 1.807) is 0 Å². The van der Waals surface area contributed by atoms with Gasteiger partial charge in [0.1, 0.15) is 5.78 Å². The second-order valence-electron chi connectivity index (χ2n) is 4.01. The van der Waals surface area contributed by atoms with E-state index in [0.717, 1.165) is 12.8 Å². The Morgan fingerprint density at radius 2 is 2.17 bits per heavy atom. The van der Waals surface area contributed by atoms with Gasteiger partial charge in [0.05, 0.1) is 11.5 Å². The Morgan fingerprint density at radius 1 is 1.58 bits per heavy atom. The van der Waals surface area contributed by atoms with Gasteiger partial charge >= 0.3 is 0 Å². The Morgan fingerprint density at radius 3 is 2.42 bits per heavy atom. The summed E-state index contributed by atoms with van der Waals surface area (Å²) in [6, 6.07) is 0. The van der Waals surface area contributed by atoms with Crippen LogP contribution in [-0.4, -0.2) is 17.0 Å². The van der Waals surface area contributed by atoms with Crippen molar-refractivity contribution in [1.29, 1.82) is 0 Å². The lowest BCUT2D eigenvalue weighted by molar-refractivity contribution is -0.128. The lowest BCUT2D eigenvalue weighted by atomic mass is 9.81. The maximum atomic E-state index is 11.5. The average Bonchev–Trinajstić information content (AvgIpc) is 2.30. The zero-order chi connectivity index (χ0) is 9.35. The molecule has 0 amide bonds. The molecule has 0 spiro atoms. The first-order valence-corrected chi connectivity index (χ1v) is 4.77. The van der Waals surface area contributed by atoms with Gasteiger partial charge in [-0.3, -0.25) is 4.79 Å². The molecule has 3 unspecified atom stereocenters. The summed E-state index contributed by atoms with van der Waals surface area (Å²) >= 11 is 0. The topological polar surface area (TPSA) is 37.3 Å². The van der Waals surface area contributed by atoms with Crippen LogP contribution in [-0.2, 0) is 4.79 Å². The largest absolute Gasteiger partial charge is 0.392 e. The Balaban J connectivity index is 2.83. The normalized spacial score (nSPS) is 42.2. The molecule has 1 rings (SSSR count). The third-order valence-corrected chi connectivity index (χ3v) is 3.44. The highest BCUT2D eigenvalue weighted by Crippen LogP contribution is 2.42. The van der Waals surface area contributed by atoms with Crippen molar-refractivity contribution in [2.24, 2.45) is 11.3 Å². The lowest BCUT2D eigenvalue weighted by Gasteiger charge is -2.26. The predicted molar refractivity (Wildman–Crippen MR) is 47.8 cm³/mol. The average molecular weight is 170 g/mol. The molecule has 70 valence electrons. The van der Waals surface area contributed by atoms with Crippen molar-refractivity contribution in [2.45, 2.75) is 46.1 Å². The lowest BCUT2D eigenvalue weighted by Crippen LogP contribution is -2.34. The SMILES string of the molecule is CCC1CC(=O)C(C)(CC)C1O. The molecule has 1 fully saturated rings. The molecule has 1 aliphatic rings. The quantitative estimate of drug-likeness (QED) is 0.685. The molecule has 1 saturated carbocycles. The van der Waals surface area contributed by atoms with E-state index in [9.17, 15) is 9.90 Å². The minimum absolute atomic E-state index is 0.197. The van der Waals surface area contributed by atoms with E-state index in [2.05, 4.69) is 0 Å². The molecule has 2 heteroatoms. The third-order valence-electron chi connectivity index (χ3n) is 3.44. The maximum absolute atomic E-state index is 11.5. The predicted octanol–water partition coefficient (Wildman–Crippen LogP) is 1.76. The van der Waals surface area contributed by atoms with Crippen LogP contribution < -0.4 is 0 Å². The van der Waals surface area contributed by atoms with Gasteiger partial charge in [-0.25, -0.2) is 0 Å². The summed E-state index contributed by atoms with van der Waals surface area (Å²) in [4.78, 5) is 11.5. The Bertz CT molecular complexity index is 188. The number of carbonyl (C=O) groups is 1. The first kappa shape index (κ1) is 9.72. The molecular formula is C10H18O2. The van der Waals surface area contributed by atoms with E-state index < -0.39 is 11.5 Å². The number of rotatable bonds is 2.